The smallest absolute Gasteiger partial charge is 0.346 e. The largest absolute Gasteiger partial charge is 0.477 e. The Labute approximate surface area is 85.2 Å². The molecule has 4 heteroatoms. The average molecular weight is 207 g/mol. The van der Waals surface area contributed by atoms with E-state index in [1.54, 1.807) is 0 Å². The Morgan fingerprint density at radius 3 is 2.79 bits per heavy atom. The van der Waals surface area contributed by atoms with E-state index < -0.39 is 5.97 Å². The molecule has 0 fully saturated rings. The Morgan fingerprint density at radius 1 is 1.43 bits per heavy atom. The molecule has 0 atom stereocenters. The minimum Gasteiger partial charge on any atom is -0.477 e. The lowest BCUT2D eigenvalue weighted by Gasteiger charge is -2.01. The molecular weight excluding hydrogens is 198 g/mol. The molecule has 0 amide bonds. The van der Waals surface area contributed by atoms with Crippen LogP contribution in [0.1, 0.15) is 15.2 Å². The summed E-state index contributed by atoms with van der Waals surface area (Å²) in [6.07, 6.45) is 3.84. The fourth-order valence-corrected chi connectivity index (χ4v) is 2.07. The number of nitrogens with zero attached hydrogens (tertiary/aromatic N) is 1. The van der Waals surface area contributed by atoms with Gasteiger partial charge >= 0.3 is 5.97 Å². The first-order valence-corrected chi connectivity index (χ1v) is 5.06. The first-order chi connectivity index (χ1) is 6.77. The zero-order valence-corrected chi connectivity index (χ0v) is 8.20. The maximum atomic E-state index is 10.8. The highest BCUT2D eigenvalue weighted by Gasteiger charge is 2.10. The summed E-state index contributed by atoms with van der Waals surface area (Å²) in [5.74, 6) is -0.845. The standard InChI is InChI=1S/C10H9NO2S/c12-10(13)9-8(3-6-14-9)7-11-4-1-2-5-11/h1-6H,7H2,(H,12,13). The van der Waals surface area contributed by atoms with Gasteiger partial charge in [-0.15, -0.1) is 11.3 Å². The number of rotatable bonds is 3. The summed E-state index contributed by atoms with van der Waals surface area (Å²) in [5.41, 5.74) is 0.860. The van der Waals surface area contributed by atoms with Gasteiger partial charge in [-0.05, 0) is 29.1 Å². The van der Waals surface area contributed by atoms with Crippen molar-refractivity contribution in [3.8, 4) is 0 Å². The van der Waals surface area contributed by atoms with E-state index >= 15 is 0 Å². The quantitative estimate of drug-likeness (QED) is 0.839. The molecule has 0 aromatic carbocycles. The molecule has 2 heterocycles. The average Bonchev–Trinajstić information content (AvgIpc) is 2.75. The van der Waals surface area contributed by atoms with Crippen molar-refractivity contribution in [1.82, 2.24) is 4.57 Å². The number of carboxylic acids is 1. The third kappa shape index (κ3) is 1.70. The van der Waals surface area contributed by atoms with E-state index in [4.69, 9.17) is 5.11 Å². The normalized spacial score (nSPS) is 10.3. The number of thiophene rings is 1. The van der Waals surface area contributed by atoms with Gasteiger partial charge in [0.1, 0.15) is 4.88 Å². The molecule has 1 N–H and O–H groups in total. The van der Waals surface area contributed by atoms with Crippen LogP contribution in [0.3, 0.4) is 0 Å². The van der Waals surface area contributed by atoms with Crippen LogP contribution in [0, 0.1) is 0 Å². The van der Waals surface area contributed by atoms with E-state index in [2.05, 4.69) is 0 Å². The van der Waals surface area contributed by atoms with E-state index in [1.807, 2.05) is 40.5 Å². The van der Waals surface area contributed by atoms with Crippen LogP contribution in [0.2, 0.25) is 0 Å². The molecule has 0 spiro atoms. The monoisotopic (exact) mass is 207 g/mol. The third-order valence-corrected chi connectivity index (χ3v) is 2.90. The number of hydrogen-bond acceptors (Lipinski definition) is 2. The molecule has 3 nitrogen and oxygen atoms in total. The van der Waals surface area contributed by atoms with Crippen LogP contribution >= 0.6 is 11.3 Å². The lowest BCUT2D eigenvalue weighted by molar-refractivity contribution is 0.0701. The SMILES string of the molecule is O=C(O)c1sccc1Cn1cccc1. The van der Waals surface area contributed by atoms with Crippen molar-refractivity contribution in [3.05, 3.63) is 46.4 Å². The number of carbonyl (C=O) groups is 1. The van der Waals surface area contributed by atoms with Crippen molar-refractivity contribution in [2.75, 3.05) is 0 Å². The Balaban J connectivity index is 2.25. The van der Waals surface area contributed by atoms with Crippen molar-refractivity contribution >= 4 is 17.3 Å². The Hall–Kier alpha value is -1.55. The second-order valence-electron chi connectivity index (χ2n) is 2.94. The zero-order valence-electron chi connectivity index (χ0n) is 7.38. The molecule has 0 aliphatic rings. The van der Waals surface area contributed by atoms with Crippen LogP contribution in [0.4, 0.5) is 0 Å². The number of carboxylic acid groups (broad SMARTS) is 1. The molecule has 0 saturated carbocycles. The zero-order chi connectivity index (χ0) is 9.97. The Morgan fingerprint density at radius 2 is 2.14 bits per heavy atom. The molecule has 0 aliphatic heterocycles. The van der Waals surface area contributed by atoms with E-state index in [-0.39, 0.29) is 0 Å². The van der Waals surface area contributed by atoms with Crippen molar-refractivity contribution in [3.63, 3.8) is 0 Å². The molecule has 0 unspecified atom stereocenters. The van der Waals surface area contributed by atoms with Gasteiger partial charge in [0.15, 0.2) is 0 Å². The van der Waals surface area contributed by atoms with Gasteiger partial charge in [0.05, 0.1) is 0 Å². The highest BCUT2D eigenvalue weighted by molar-refractivity contribution is 7.12. The molecule has 2 rings (SSSR count). The predicted molar refractivity (Wildman–Crippen MR) is 54.8 cm³/mol. The fourth-order valence-electron chi connectivity index (χ4n) is 1.32. The second-order valence-corrected chi connectivity index (χ2v) is 3.85. The summed E-state index contributed by atoms with van der Waals surface area (Å²) in [5, 5.41) is 10.7. The maximum Gasteiger partial charge on any atom is 0.346 e. The molecule has 0 saturated heterocycles. The predicted octanol–water partition coefficient (Wildman–Crippen LogP) is 2.30. The van der Waals surface area contributed by atoms with Gasteiger partial charge in [0.25, 0.3) is 0 Å². The number of aromatic nitrogens is 1. The summed E-state index contributed by atoms with van der Waals surface area (Å²) >= 11 is 1.27. The van der Waals surface area contributed by atoms with Crippen LogP contribution in [0.25, 0.3) is 0 Å². The van der Waals surface area contributed by atoms with Crippen molar-refractivity contribution in [1.29, 1.82) is 0 Å². The molecule has 2 aromatic rings. The minimum atomic E-state index is -0.845. The van der Waals surface area contributed by atoms with Crippen LogP contribution < -0.4 is 0 Å². The molecule has 0 radical (unpaired) electrons. The Kier molecular flexibility index (Phi) is 2.37. The topological polar surface area (TPSA) is 42.2 Å². The summed E-state index contributed by atoms with van der Waals surface area (Å²) < 4.78 is 1.95. The van der Waals surface area contributed by atoms with Gasteiger partial charge in [-0.2, -0.15) is 0 Å². The first-order valence-electron chi connectivity index (χ1n) is 4.18. The second kappa shape index (κ2) is 3.67. The molecule has 14 heavy (non-hydrogen) atoms. The molecule has 72 valence electrons. The highest BCUT2D eigenvalue weighted by atomic mass is 32.1. The first kappa shape index (κ1) is 9.02. The number of aromatic carboxylic acids is 1. The van der Waals surface area contributed by atoms with Crippen molar-refractivity contribution in [2.24, 2.45) is 0 Å². The van der Waals surface area contributed by atoms with Gasteiger partial charge in [0, 0.05) is 18.9 Å². The van der Waals surface area contributed by atoms with Gasteiger partial charge in [-0.1, -0.05) is 0 Å². The summed E-state index contributed by atoms with van der Waals surface area (Å²) in [7, 11) is 0. The van der Waals surface area contributed by atoms with E-state index in [0.717, 1.165) is 5.56 Å². The fraction of sp³-hybridized carbons (Fsp3) is 0.100. The van der Waals surface area contributed by atoms with E-state index in [0.29, 0.717) is 11.4 Å². The van der Waals surface area contributed by atoms with Crippen LogP contribution in [-0.2, 0) is 6.54 Å². The van der Waals surface area contributed by atoms with Crippen molar-refractivity contribution < 1.29 is 9.90 Å². The highest BCUT2D eigenvalue weighted by Crippen LogP contribution is 2.17. The lowest BCUT2D eigenvalue weighted by atomic mass is 10.2. The van der Waals surface area contributed by atoms with Crippen molar-refractivity contribution in [2.45, 2.75) is 6.54 Å². The van der Waals surface area contributed by atoms with Crippen LogP contribution in [0.5, 0.6) is 0 Å². The molecule has 2 aromatic heterocycles. The molecule has 0 aliphatic carbocycles. The molecular formula is C10H9NO2S. The summed E-state index contributed by atoms with van der Waals surface area (Å²) in [6.45, 7) is 0.623. The van der Waals surface area contributed by atoms with E-state index in [1.165, 1.54) is 11.3 Å². The van der Waals surface area contributed by atoms with Gasteiger partial charge in [0.2, 0.25) is 0 Å². The summed E-state index contributed by atoms with van der Waals surface area (Å²) in [6, 6.07) is 5.70. The lowest BCUT2D eigenvalue weighted by Crippen LogP contribution is -2.01. The minimum absolute atomic E-state index is 0.429. The van der Waals surface area contributed by atoms with Gasteiger partial charge in [-0.25, -0.2) is 4.79 Å². The summed E-state index contributed by atoms with van der Waals surface area (Å²) in [4.78, 5) is 11.2. The van der Waals surface area contributed by atoms with E-state index in [9.17, 15) is 4.79 Å². The third-order valence-electron chi connectivity index (χ3n) is 1.96. The molecule has 0 bridgehead atoms. The number of hydrogen-bond donors (Lipinski definition) is 1. The van der Waals surface area contributed by atoms with Crippen LogP contribution in [-0.4, -0.2) is 15.6 Å². The van der Waals surface area contributed by atoms with Crippen LogP contribution in [0.15, 0.2) is 36.0 Å². The Bertz CT molecular complexity index is 431. The maximum absolute atomic E-state index is 10.8. The van der Waals surface area contributed by atoms with Gasteiger partial charge in [-0.3, -0.25) is 0 Å². The van der Waals surface area contributed by atoms with Gasteiger partial charge < -0.3 is 9.67 Å².